The lowest BCUT2D eigenvalue weighted by molar-refractivity contribution is 0.798. The maximum Gasteiger partial charge on any atom is 0.156 e. The van der Waals surface area contributed by atoms with E-state index in [0.29, 0.717) is 5.69 Å². The highest BCUT2D eigenvalue weighted by Gasteiger charge is 2.13. The van der Waals surface area contributed by atoms with Gasteiger partial charge in [0.1, 0.15) is 0 Å². The minimum absolute atomic E-state index is 0.684. The highest BCUT2D eigenvalue weighted by Crippen LogP contribution is 2.20. The first-order valence-electron chi connectivity index (χ1n) is 5.82. The van der Waals surface area contributed by atoms with Crippen molar-refractivity contribution in [1.29, 1.82) is 0 Å². The number of aromatic nitrogens is 3. The molecule has 2 aromatic heterocycles. The lowest BCUT2D eigenvalue weighted by Crippen LogP contribution is -2.05. The van der Waals surface area contributed by atoms with Crippen molar-refractivity contribution in [2.24, 2.45) is 0 Å². The Hall–Kier alpha value is -1.84. The van der Waals surface area contributed by atoms with Crippen LogP contribution in [-0.4, -0.2) is 14.8 Å². The molecule has 2 N–H and O–H groups in total. The van der Waals surface area contributed by atoms with E-state index >= 15 is 0 Å². The normalized spacial score (nSPS) is 10.8. The van der Waals surface area contributed by atoms with Gasteiger partial charge in [-0.05, 0) is 44.4 Å². The molecule has 0 saturated heterocycles. The lowest BCUT2D eigenvalue weighted by Gasteiger charge is -2.07. The van der Waals surface area contributed by atoms with Gasteiger partial charge in [-0.2, -0.15) is 5.10 Å². The first kappa shape index (κ1) is 11.6. The molecule has 2 aromatic rings. The monoisotopic (exact) mass is 230 g/mol. The number of aryl methyl sites for hydroxylation is 2. The average Bonchev–Trinajstić information content (AvgIpc) is 2.54. The van der Waals surface area contributed by atoms with Crippen molar-refractivity contribution < 1.29 is 0 Å². The summed E-state index contributed by atoms with van der Waals surface area (Å²) in [4.78, 5) is 4.37. The van der Waals surface area contributed by atoms with Gasteiger partial charge in [0.15, 0.2) is 5.82 Å². The van der Waals surface area contributed by atoms with Crippen LogP contribution >= 0.6 is 0 Å². The van der Waals surface area contributed by atoms with Crippen molar-refractivity contribution in [2.75, 3.05) is 5.73 Å². The summed E-state index contributed by atoms with van der Waals surface area (Å²) in [6, 6.07) is 1.92. The smallest absolute Gasteiger partial charge is 0.156 e. The third-order valence-corrected chi connectivity index (χ3v) is 3.07. The number of anilines is 1. The first-order chi connectivity index (χ1) is 8.04. The van der Waals surface area contributed by atoms with E-state index in [1.165, 1.54) is 5.56 Å². The SMILES string of the molecule is CCc1c(C)nn(-c2ncc(N)cc2C)c1C. The average molecular weight is 230 g/mol. The summed E-state index contributed by atoms with van der Waals surface area (Å²) < 4.78 is 1.91. The standard InChI is InChI=1S/C13H18N4/c1-5-12-9(3)16-17(10(12)4)13-8(2)6-11(14)7-15-13/h6-7H,5,14H2,1-4H3. The molecule has 0 radical (unpaired) electrons. The summed E-state index contributed by atoms with van der Waals surface area (Å²) in [7, 11) is 0. The van der Waals surface area contributed by atoms with Crippen LogP contribution in [0.5, 0.6) is 0 Å². The van der Waals surface area contributed by atoms with E-state index in [9.17, 15) is 0 Å². The zero-order chi connectivity index (χ0) is 12.6. The van der Waals surface area contributed by atoms with E-state index in [0.717, 1.165) is 29.2 Å². The number of nitrogens with zero attached hydrogens (tertiary/aromatic N) is 3. The Bertz CT molecular complexity index is 555. The van der Waals surface area contributed by atoms with Crippen LogP contribution in [0, 0.1) is 20.8 Å². The number of pyridine rings is 1. The first-order valence-corrected chi connectivity index (χ1v) is 5.82. The van der Waals surface area contributed by atoms with Crippen molar-refractivity contribution in [3.63, 3.8) is 0 Å². The summed E-state index contributed by atoms with van der Waals surface area (Å²) in [6.45, 7) is 8.26. The fraction of sp³-hybridized carbons (Fsp3) is 0.385. The van der Waals surface area contributed by atoms with Crippen molar-refractivity contribution in [3.8, 4) is 5.82 Å². The third-order valence-electron chi connectivity index (χ3n) is 3.07. The number of hydrogen-bond acceptors (Lipinski definition) is 3. The number of rotatable bonds is 2. The van der Waals surface area contributed by atoms with Crippen LogP contribution in [0.2, 0.25) is 0 Å². The molecule has 0 spiro atoms. The van der Waals surface area contributed by atoms with Gasteiger partial charge in [0, 0.05) is 5.69 Å². The Morgan fingerprint density at radius 2 is 2.00 bits per heavy atom. The van der Waals surface area contributed by atoms with Gasteiger partial charge in [0.2, 0.25) is 0 Å². The molecule has 0 amide bonds. The molecule has 0 aliphatic carbocycles. The minimum atomic E-state index is 0.684. The van der Waals surface area contributed by atoms with Crippen molar-refractivity contribution in [2.45, 2.75) is 34.1 Å². The van der Waals surface area contributed by atoms with E-state index in [2.05, 4.69) is 23.9 Å². The van der Waals surface area contributed by atoms with Crippen molar-refractivity contribution in [1.82, 2.24) is 14.8 Å². The fourth-order valence-corrected chi connectivity index (χ4v) is 2.20. The molecule has 0 aliphatic rings. The molecule has 4 nitrogen and oxygen atoms in total. The molecule has 17 heavy (non-hydrogen) atoms. The van der Waals surface area contributed by atoms with Crippen LogP contribution in [0.3, 0.4) is 0 Å². The molecular weight excluding hydrogens is 212 g/mol. The van der Waals surface area contributed by atoms with E-state index in [-0.39, 0.29) is 0 Å². The maximum atomic E-state index is 5.71. The summed E-state index contributed by atoms with van der Waals surface area (Å²) in [5.41, 5.74) is 11.0. The second-order valence-electron chi connectivity index (χ2n) is 4.32. The van der Waals surface area contributed by atoms with Gasteiger partial charge in [-0.3, -0.25) is 0 Å². The molecule has 0 bridgehead atoms. The summed E-state index contributed by atoms with van der Waals surface area (Å²) in [5, 5.41) is 4.56. The molecule has 0 unspecified atom stereocenters. The lowest BCUT2D eigenvalue weighted by atomic mass is 10.1. The zero-order valence-electron chi connectivity index (χ0n) is 10.8. The Morgan fingerprint density at radius 3 is 2.53 bits per heavy atom. The van der Waals surface area contributed by atoms with Gasteiger partial charge < -0.3 is 5.73 Å². The molecule has 0 aromatic carbocycles. The number of nitrogens with two attached hydrogens (primary N) is 1. The van der Waals surface area contributed by atoms with Gasteiger partial charge in [-0.15, -0.1) is 0 Å². The summed E-state index contributed by atoms with van der Waals surface area (Å²) in [6.07, 6.45) is 2.66. The molecule has 4 heteroatoms. The van der Waals surface area contributed by atoms with Crippen LogP contribution in [0.4, 0.5) is 5.69 Å². The summed E-state index contributed by atoms with van der Waals surface area (Å²) >= 11 is 0. The Kier molecular flexibility index (Phi) is 2.88. The number of hydrogen-bond donors (Lipinski definition) is 1. The quantitative estimate of drug-likeness (QED) is 0.861. The molecule has 0 saturated carbocycles. The zero-order valence-corrected chi connectivity index (χ0v) is 10.8. The predicted molar refractivity (Wildman–Crippen MR) is 69.4 cm³/mol. The van der Waals surface area contributed by atoms with E-state index in [1.54, 1.807) is 6.20 Å². The maximum absolute atomic E-state index is 5.71. The largest absolute Gasteiger partial charge is 0.397 e. The molecule has 0 aliphatic heterocycles. The van der Waals surface area contributed by atoms with Crippen LogP contribution in [0.25, 0.3) is 5.82 Å². The molecule has 2 rings (SSSR count). The van der Waals surface area contributed by atoms with Crippen LogP contribution in [-0.2, 0) is 6.42 Å². The van der Waals surface area contributed by atoms with Crippen LogP contribution < -0.4 is 5.73 Å². The molecule has 0 fully saturated rings. The van der Waals surface area contributed by atoms with Gasteiger partial charge >= 0.3 is 0 Å². The van der Waals surface area contributed by atoms with E-state index in [1.807, 2.05) is 24.6 Å². The molecular formula is C13H18N4. The van der Waals surface area contributed by atoms with Gasteiger partial charge in [0.25, 0.3) is 0 Å². The van der Waals surface area contributed by atoms with Gasteiger partial charge in [0.05, 0.1) is 17.6 Å². The van der Waals surface area contributed by atoms with Crippen molar-refractivity contribution >= 4 is 5.69 Å². The van der Waals surface area contributed by atoms with Gasteiger partial charge in [-0.25, -0.2) is 9.67 Å². The van der Waals surface area contributed by atoms with E-state index < -0.39 is 0 Å². The number of nitrogen functional groups attached to an aromatic ring is 1. The second-order valence-corrected chi connectivity index (χ2v) is 4.32. The Labute approximate surface area is 101 Å². The van der Waals surface area contributed by atoms with E-state index in [4.69, 9.17) is 5.73 Å². The highest BCUT2D eigenvalue weighted by atomic mass is 15.3. The van der Waals surface area contributed by atoms with Crippen molar-refractivity contribution in [3.05, 3.63) is 34.8 Å². The second kappa shape index (κ2) is 4.20. The van der Waals surface area contributed by atoms with Crippen LogP contribution in [0.1, 0.15) is 29.4 Å². The fourth-order valence-electron chi connectivity index (χ4n) is 2.20. The topological polar surface area (TPSA) is 56.7 Å². The summed E-state index contributed by atoms with van der Waals surface area (Å²) in [5.74, 6) is 0.861. The third kappa shape index (κ3) is 1.90. The molecule has 90 valence electrons. The predicted octanol–water partition coefficient (Wildman–Crippen LogP) is 2.34. The molecule has 2 heterocycles. The van der Waals surface area contributed by atoms with Crippen LogP contribution in [0.15, 0.2) is 12.3 Å². The Morgan fingerprint density at radius 1 is 1.29 bits per heavy atom. The Balaban J connectivity index is 2.61. The van der Waals surface area contributed by atoms with Gasteiger partial charge in [-0.1, -0.05) is 6.92 Å². The molecule has 0 atom stereocenters. The minimum Gasteiger partial charge on any atom is -0.397 e. The highest BCUT2D eigenvalue weighted by molar-refractivity contribution is 5.46.